The average molecular weight is 559 g/mol. The van der Waals surface area contributed by atoms with Gasteiger partial charge in [0.05, 0.1) is 12.7 Å². The van der Waals surface area contributed by atoms with E-state index in [9.17, 15) is 22.0 Å². The van der Waals surface area contributed by atoms with Crippen LogP contribution in [0.15, 0.2) is 83.1 Å². The Kier molecular flexibility index (Phi) is 6.78. The van der Waals surface area contributed by atoms with Crippen molar-refractivity contribution in [3.05, 3.63) is 100 Å². The Hall–Kier alpha value is -4.36. The van der Waals surface area contributed by atoms with Gasteiger partial charge in [-0.25, -0.2) is 27.2 Å². The molecule has 5 rings (SSSR count). The fourth-order valence-corrected chi connectivity index (χ4v) is 4.83. The zero-order chi connectivity index (χ0) is 26.9. The summed E-state index contributed by atoms with van der Waals surface area (Å²) in [4.78, 5) is 20.0. The largest absolute Gasteiger partial charge is 0.474 e. The Labute approximate surface area is 219 Å². The summed E-state index contributed by atoms with van der Waals surface area (Å²) in [7, 11) is -4.51. The van der Waals surface area contributed by atoms with Crippen LogP contribution in [0.3, 0.4) is 0 Å². The highest BCUT2D eigenvalue weighted by Gasteiger charge is 2.22. The molecule has 14 heteroatoms. The lowest BCUT2D eigenvalue weighted by Gasteiger charge is -2.15. The molecule has 0 aliphatic carbocycles. The summed E-state index contributed by atoms with van der Waals surface area (Å²) >= 11 is 5.91. The lowest BCUT2D eigenvalue weighted by molar-refractivity contribution is 0.282. The molecule has 10 nitrogen and oxygen atoms in total. The molecule has 38 heavy (non-hydrogen) atoms. The van der Waals surface area contributed by atoms with Crippen LogP contribution in [0.4, 0.5) is 14.5 Å². The second kappa shape index (κ2) is 10.2. The Morgan fingerprint density at radius 3 is 2.66 bits per heavy atom. The number of fused-ring (bicyclic) bond motifs is 1. The molecule has 194 valence electrons. The van der Waals surface area contributed by atoms with Crippen molar-refractivity contribution < 1.29 is 21.9 Å². The molecule has 0 radical (unpaired) electrons. The predicted octanol–water partition coefficient (Wildman–Crippen LogP) is 3.76. The summed E-state index contributed by atoms with van der Waals surface area (Å²) in [6.45, 7) is 0.430. The molecule has 1 aromatic carbocycles. The minimum atomic E-state index is -4.51. The van der Waals surface area contributed by atoms with Crippen molar-refractivity contribution in [2.75, 3.05) is 11.3 Å². The summed E-state index contributed by atoms with van der Waals surface area (Å²) in [5.74, 6) is -2.27. The van der Waals surface area contributed by atoms with Gasteiger partial charge in [0, 0.05) is 42.0 Å². The standard InChI is InChI=1S/C24H17ClF2N6O4S/c25-18-13-28-22-5-2-15(14-33(22)24(18)34)16-10-20(23(29-12-16)37-9-8-32-7-1-6-30-32)31-38(35,36)21-4-3-17(26)11-19(21)27/h1-7,10-14,31H,8-9H2. The number of halogens is 3. The van der Waals surface area contributed by atoms with Gasteiger partial charge < -0.3 is 4.74 Å². The summed E-state index contributed by atoms with van der Waals surface area (Å²) in [6, 6.07) is 8.51. The van der Waals surface area contributed by atoms with Crippen molar-refractivity contribution in [3.63, 3.8) is 0 Å². The van der Waals surface area contributed by atoms with Crippen molar-refractivity contribution in [1.29, 1.82) is 0 Å². The molecule has 0 aliphatic rings. The van der Waals surface area contributed by atoms with E-state index < -0.39 is 32.1 Å². The number of hydrogen-bond acceptors (Lipinski definition) is 7. The van der Waals surface area contributed by atoms with Gasteiger partial charge in [0.2, 0.25) is 5.88 Å². The number of nitrogens with one attached hydrogen (secondary N) is 1. The first-order chi connectivity index (χ1) is 18.2. The number of sulfonamides is 1. The molecule has 0 atom stereocenters. The van der Waals surface area contributed by atoms with Crippen molar-refractivity contribution in [1.82, 2.24) is 24.1 Å². The molecular weight excluding hydrogens is 542 g/mol. The van der Waals surface area contributed by atoms with Crippen LogP contribution in [-0.4, -0.2) is 39.2 Å². The van der Waals surface area contributed by atoms with Crippen LogP contribution in [0.1, 0.15) is 0 Å². The van der Waals surface area contributed by atoms with E-state index >= 15 is 0 Å². The molecule has 4 heterocycles. The highest BCUT2D eigenvalue weighted by molar-refractivity contribution is 7.92. The van der Waals surface area contributed by atoms with Crippen LogP contribution < -0.4 is 15.0 Å². The van der Waals surface area contributed by atoms with Gasteiger partial charge in [-0.3, -0.25) is 18.6 Å². The smallest absolute Gasteiger partial charge is 0.276 e. The first-order valence-electron chi connectivity index (χ1n) is 11.0. The van der Waals surface area contributed by atoms with E-state index in [1.807, 2.05) is 0 Å². The highest BCUT2D eigenvalue weighted by Crippen LogP contribution is 2.31. The number of rotatable bonds is 8. The first kappa shape index (κ1) is 25.3. The van der Waals surface area contributed by atoms with Gasteiger partial charge in [0.25, 0.3) is 15.6 Å². The zero-order valence-electron chi connectivity index (χ0n) is 19.3. The van der Waals surface area contributed by atoms with E-state index in [1.165, 1.54) is 29.1 Å². The maximum absolute atomic E-state index is 14.3. The van der Waals surface area contributed by atoms with Crippen LogP contribution in [0.2, 0.25) is 5.02 Å². The molecule has 4 aromatic heterocycles. The molecule has 0 aliphatic heterocycles. The Morgan fingerprint density at radius 2 is 1.89 bits per heavy atom. The van der Waals surface area contributed by atoms with Crippen molar-refractivity contribution >= 4 is 33.0 Å². The lowest BCUT2D eigenvalue weighted by Crippen LogP contribution is -2.17. The van der Waals surface area contributed by atoms with Gasteiger partial charge in [0.15, 0.2) is 0 Å². The molecule has 0 spiro atoms. The van der Waals surface area contributed by atoms with E-state index in [1.54, 1.807) is 35.3 Å². The van der Waals surface area contributed by atoms with Gasteiger partial charge >= 0.3 is 0 Å². The Bertz CT molecular complexity index is 1810. The summed E-state index contributed by atoms with van der Waals surface area (Å²) in [5.41, 5.74) is 0.631. The van der Waals surface area contributed by atoms with Crippen molar-refractivity contribution in [2.45, 2.75) is 11.4 Å². The summed E-state index contributed by atoms with van der Waals surface area (Å²) in [6.07, 6.45) is 7.47. The molecular formula is C24H17ClF2N6O4S. The monoisotopic (exact) mass is 558 g/mol. The molecule has 0 saturated carbocycles. The molecule has 0 fully saturated rings. The maximum atomic E-state index is 14.3. The third-order valence-electron chi connectivity index (χ3n) is 5.39. The van der Waals surface area contributed by atoms with E-state index in [4.69, 9.17) is 16.3 Å². The highest BCUT2D eigenvalue weighted by atomic mass is 35.5. The number of aromatic nitrogens is 5. The summed E-state index contributed by atoms with van der Waals surface area (Å²) in [5, 5.41) is 3.99. The van der Waals surface area contributed by atoms with Crippen molar-refractivity contribution in [3.8, 4) is 17.0 Å². The van der Waals surface area contributed by atoms with Gasteiger partial charge in [-0.1, -0.05) is 11.6 Å². The second-order valence-corrected chi connectivity index (χ2v) is 9.99. The van der Waals surface area contributed by atoms with E-state index in [2.05, 4.69) is 19.8 Å². The fraction of sp³-hybridized carbons (Fsp3) is 0.0833. The third-order valence-corrected chi connectivity index (χ3v) is 7.05. The Morgan fingerprint density at radius 1 is 1.05 bits per heavy atom. The number of benzene rings is 1. The quantitative estimate of drug-likeness (QED) is 0.308. The first-order valence-corrected chi connectivity index (χ1v) is 12.8. The van der Waals surface area contributed by atoms with Gasteiger partial charge in [-0.2, -0.15) is 5.10 Å². The number of nitrogens with zero attached hydrogens (tertiary/aromatic N) is 5. The van der Waals surface area contributed by atoms with Crippen LogP contribution >= 0.6 is 11.6 Å². The van der Waals surface area contributed by atoms with Crippen LogP contribution in [0.25, 0.3) is 16.8 Å². The summed E-state index contributed by atoms with van der Waals surface area (Å²) < 4.78 is 64.5. The number of pyridine rings is 2. The van der Waals surface area contributed by atoms with Crippen LogP contribution in [0.5, 0.6) is 5.88 Å². The molecule has 0 unspecified atom stereocenters. The average Bonchev–Trinajstić information content (AvgIpc) is 3.40. The van der Waals surface area contributed by atoms with Crippen molar-refractivity contribution in [2.24, 2.45) is 0 Å². The Balaban J connectivity index is 1.54. The third kappa shape index (κ3) is 5.19. The van der Waals surface area contributed by atoms with Crippen LogP contribution in [-0.2, 0) is 16.6 Å². The topological polar surface area (TPSA) is 120 Å². The SMILES string of the molecule is O=c1c(Cl)cnc2ccc(-c3cnc(OCCn4cccn4)c(NS(=O)(=O)c4ccc(F)cc4F)c3)cn12. The van der Waals surface area contributed by atoms with Gasteiger partial charge in [-0.05, 0) is 36.4 Å². The number of anilines is 1. The minimum Gasteiger partial charge on any atom is -0.474 e. The molecule has 0 saturated heterocycles. The normalized spacial score (nSPS) is 11.6. The van der Waals surface area contributed by atoms with Gasteiger partial charge in [0.1, 0.15) is 39.5 Å². The van der Waals surface area contributed by atoms with E-state index in [0.717, 1.165) is 12.1 Å². The molecule has 0 bridgehead atoms. The molecule has 5 aromatic rings. The molecule has 1 N–H and O–H groups in total. The second-order valence-electron chi connectivity index (χ2n) is 7.93. The molecule has 0 amide bonds. The minimum absolute atomic E-state index is 0.0755. The fourth-order valence-electron chi connectivity index (χ4n) is 3.58. The number of ether oxygens (including phenoxy) is 1. The van der Waals surface area contributed by atoms with E-state index in [0.29, 0.717) is 29.4 Å². The van der Waals surface area contributed by atoms with E-state index in [-0.39, 0.29) is 23.2 Å². The maximum Gasteiger partial charge on any atom is 0.276 e. The predicted molar refractivity (Wildman–Crippen MR) is 135 cm³/mol. The van der Waals surface area contributed by atoms with Crippen LogP contribution in [0, 0.1) is 11.6 Å². The number of hydrogen-bond donors (Lipinski definition) is 1. The lowest BCUT2D eigenvalue weighted by atomic mass is 10.1. The zero-order valence-corrected chi connectivity index (χ0v) is 20.8. The van der Waals surface area contributed by atoms with Gasteiger partial charge in [-0.15, -0.1) is 0 Å².